The molecule has 104 valence electrons. The van der Waals surface area contributed by atoms with Crippen molar-refractivity contribution in [3.05, 3.63) is 57.7 Å². The summed E-state index contributed by atoms with van der Waals surface area (Å²) in [6.07, 6.45) is 0. The molecule has 2 rings (SSSR count). The minimum atomic E-state index is -0.000804. The van der Waals surface area contributed by atoms with Crippen molar-refractivity contribution >= 4 is 28.4 Å². The highest BCUT2D eigenvalue weighted by Crippen LogP contribution is 2.18. The van der Waals surface area contributed by atoms with E-state index < -0.39 is 0 Å². The van der Waals surface area contributed by atoms with Crippen molar-refractivity contribution in [3.8, 4) is 11.5 Å². The first kappa shape index (κ1) is 14.8. The number of Topliss-reactive ketones (excluding diaryl/α,β-unsaturated/α-hetero) is 1. The molecule has 2 aromatic carbocycles. The molecule has 0 aliphatic carbocycles. The standard InChI is InChI=1S/C16H15IO3/c1-12(18)15-7-2-3-8-16(15)20-10-9-19-14-6-4-5-13(17)11-14/h2-8,11H,9-10H2,1H3. The quantitative estimate of drug-likeness (QED) is 0.431. The van der Waals surface area contributed by atoms with Gasteiger partial charge in [0.05, 0.1) is 5.56 Å². The molecule has 0 unspecified atom stereocenters. The summed E-state index contributed by atoms with van der Waals surface area (Å²) in [6.45, 7) is 2.37. The van der Waals surface area contributed by atoms with Crippen molar-refractivity contribution < 1.29 is 14.3 Å². The Labute approximate surface area is 132 Å². The van der Waals surface area contributed by atoms with Crippen LogP contribution in [0.15, 0.2) is 48.5 Å². The zero-order valence-corrected chi connectivity index (χ0v) is 13.3. The molecule has 2 aromatic rings. The number of ketones is 1. The SMILES string of the molecule is CC(=O)c1ccccc1OCCOc1cccc(I)c1. The number of benzene rings is 2. The lowest BCUT2D eigenvalue weighted by Gasteiger charge is -2.10. The van der Waals surface area contributed by atoms with Crippen LogP contribution >= 0.6 is 22.6 Å². The molecule has 0 fully saturated rings. The van der Waals surface area contributed by atoms with E-state index in [-0.39, 0.29) is 5.78 Å². The zero-order valence-electron chi connectivity index (χ0n) is 11.1. The normalized spacial score (nSPS) is 10.1. The fourth-order valence-electron chi connectivity index (χ4n) is 1.75. The molecular formula is C16H15IO3. The van der Waals surface area contributed by atoms with Gasteiger partial charge in [0.2, 0.25) is 0 Å². The summed E-state index contributed by atoms with van der Waals surface area (Å²) in [5.74, 6) is 1.42. The van der Waals surface area contributed by atoms with E-state index in [0.29, 0.717) is 24.5 Å². The first-order valence-corrected chi connectivity index (χ1v) is 7.36. The van der Waals surface area contributed by atoms with Gasteiger partial charge in [0.15, 0.2) is 5.78 Å². The number of rotatable bonds is 6. The molecule has 4 heteroatoms. The average Bonchev–Trinajstić information content (AvgIpc) is 2.44. The molecule has 0 N–H and O–H groups in total. The van der Waals surface area contributed by atoms with Crippen molar-refractivity contribution in [1.29, 1.82) is 0 Å². The van der Waals surface area contributed by atoms with Crippen molar-refractivity contribution in [3.63, 3.8) is 0 Å². The van der Waals surface area contributed by atoms with E-state index in [1.165, 1.54) is 6.92 Å². The fourth-order valence-corrected chi connectivity index (χ4v) is 2.27. The third-order valence-corrected chi connectivity index (χ3v) is 3.34. The van der Waals surface area contributed by atoms with Gasteiger partial charge >= 0.3 is 0 Å². The van der Waals surface area contributed by atoms with E-state index in [1.54, 1.807) is 12.1 Å². The van der Waals surface area contributed by atoms with Crippen LogP contribution in [-0.4, -0.2) is 19.0 Å². The molecule has 0 aliphatic heterocycles. The van der Waals surface area contributed by atoms with Gasteiger partial charge in [0, 0.05) is 3.57 Å². The van der Waals surface area contributed by atoms with E-state index in [1.807, 2.05) is 36.4 Å². The van der Waals surface area contributed by atoms with E-state index in [0.717, 1.165) is 9.32 Å². The summed E-state index contributed by atoms with van der Waals surface area (Å²) in [5, 5.41) is 0. The zero-order chi connectivity index (χ0) is 14.4. The molecule has 0 heterocycles. The molecule has 0 aromatic heterocycles. The minimum absolute atomic E-state index is 0.000804. The molecule has 0 saturated carbocycles. The van der Waals surface area contributed by atoms with Gasteiger partial charge < -0.3 is 9.47 Å². The summed E-state index contributed by atoms with van der Waals surface area (Å²) < 4.78 is 12.3. The van der Waals surface area contributed by atoms with Gasteiger partial charge in [-0.15, -0.1) is 0 Å². The average molecular weight is 382 g/mol. The van der Waals surface area contributed by atoms with E-state index in [9.17, 15) is 4.79 Å². The lowest BCUT2D eigenvalue weighted by Crippen LogP contribution is -2.10. The molecule has 0 aliphatic rings. The first-order valence-electron chi connectivity index (χ1n) is 6.28. The topological polar surface area (TPSA) is 35.5 Å². The molecule has 0 saturated heterocycles. The van der Waals surface area contributed by atoms with Gasteiger partial charge in [-0.2, -0.15) is 0 Å². The smallest absolute Gasteiger partial charge is 0.163 e. The maximum absolute atomic E-state index is 11.4. The molecular weight excluding hydrogens is 367 g/mol. The second-order valence-electron chi connectivity index (χ2n) is 4.21. The highest BCUT2D eigenvalue weighted by atomic mass is 127. The van der Waals surface area contributed by atoms with Crippen LogP contribution < -0.4 is 9.47 Å². The van der Waals surface area contributed by atoms with Crippen LogP contribution in [0.1, 0.15) is 17.3 Å². The number of hydrogen-bond donors (Lipinski definition) is 0. The Balaban J connectivity index is 1.86. The summed E-state index contributed by atoms with van der Waals surface area (Å²) in [7, 11) is 0. The van der Waals surface area contributed by atoms with Gasteiger partial charge in [0.25, 0.3) is 0 Å². The number of carbonyl (C=O) groups excluding carboxylic acids is 1. The Hall–Kier alpha value is -1.56. The Morgan fingerprint density at radius 1 is 1.05 bits per heavy atom. The molecule has 0 atom stereocenters. The molecule has 0 spiro atoms. The largest absolute Gasteiger partial charge is 0.490 e. The van der Waals surface area contributed by atoms with Crippen LogP contribution in [0.3, 0.4) is 0 Å². The lowest BCUT2D eigenvalue weighted by molar-refractivity contribution is 0.101. The molecule has 0 bridgehead atoms. The summed E-state index contributed by atoms with van der Waals surface area (Å²) in [4.78, 5) is 11.4. The van der Waals surface area contributed by atoms with Crippen molar-refractivity contribution in [2.45, 2.75) is 6.92 Å². The van der Waals surface area contributed by atoms with E-state index >= 15 is 0 Å². The van der Waals surface area contributed by atoms with Crippen LogP contribution in [-0.2, 0) is 0 Å². The van der Waals surface area contributed by atoms with Crippen LogP contribution in [0, 0.1) is 3.57 Å². The maximum atomic E-state index is 11.4. The van der Waals surface area contributed by atoms with Crippen LogP contribution in [0.5, 0.6) is 11.5 Å². The molecule has 0 radical (unpaired) electrons. The highest BCUT2D eigenvalue weighted by molar-refractivity contribution is 14.1. The van der Waals surface area contributed by atoms with Gasteiger partial charge in [-0.05, 0) is 59.8 Å². The van der Waals surface area contributed by atoms with Crippen LogP contribution in [0.4, 0.5) is 0 Å². The van der Waals surface area contributed by atoms with Crippen molar-refractivity contribution in [2.24, 2.45) is 0 Å². The second-order valence-corrected chi connectivity index (χ2v) is 5.45. The monoisotopic (exact) mass is 382 g/mol. The first-order chi connectivity index (χ1) is 9.66. The van der Waals surface area contributed by atoms with Crippen LogP contribution in [0.25, 0.3) is 0 Å². The van der Waals surface area contributed by atoms with Gasteiger partial charge in [-0.1, -0.05) is 18.2 Å². The number of ether oxygens (including phenoxy) is 2. The lowest BCUT2D eigenvalue weighted by atomic mass is 10.1. The minimum Gasteiger partial charge on any atom is -0.490 e. The Bertz CT molecular complexity index is 596. The summed E-state index contributed by atoms with van der Waals surface area (Å²) >= 11 is 2.24. The maximum Gasteiger partial charge on any atom is 0.163 e. The number of carbonyl (C=O) groups is 1. The van der Waals surface area contributed by atoms with Gasteiger partial charge in [0.1, 0.15) is 24.7 Å². The third-order valence-electron chi connectivity index (χ3n) is 2.67. The Morgan fingerprint density at radius 2 is 1.80 bits per heavy atom. The highest BCUT2D eigenvalue weighted by Gasteiger charge is 2.06. The van der Waals surface area contributed by atoms with E-state index in [4.69, 9.17) is 9.47 Å². The van der Waals surface area contributed by atoms with Gasteiger partial charge in [-0.3, -0.25) is 4.79 Å². The predicted octanol–water partition coefficient (Wildman–Crippen LogP) is 3.95. The van der Waals surface area contributed by atoms with Crippen molar-refractivity contribution in [1.82, 2.24) is 0 Å². The third kappa shape index (κ3) is 4.23. The van der Waals surface area contributed by atoms with E-state index in [2.05, 4.69) is 22.6 Å². The predicted molar refractivity (Wildman–Crippen MR) is 86.6 cm³/mol. The Kier molecular flexibility index (Phi) is 5.40. The number of hydrogen-bond acceptors (Lipinski definition) is 3. The second kappa shape index (κ2) is 7.28. The molecule has 3 nitrogen and oxygen atoms in total. The summed E-state index contributed by atoms with van der Waals surface area (Å²) in [5.41, 5.74) is 0.599. The molecule has 20 heavy (non-hydrogen) atoms. The fraction of sp³-hybridized carbons (Fsp3) is 0.188. The van der Waals surface area contributed by atoms with Crippen molar-refractivity contribution in [2.75, 3.05) is 13.2 Å². The molecule has 0 amide bonds. The number of para-hydroxylation sites is 1. The summed E-state index contributed by atoms with van der Waals surface area (Å²) in [6, 6.07) is 15.1. The van der Waals surface area contributed by atoms with Crippen LogP contribution in [0.2, 0.25) is 0 Å². The van der Waals surface area contributed by atoms with Gasteiger partial charge in [-0.25, -0.2) is 0 Å². The number of halogens is 1. The Morgan fingerprint density at radius 3 is 2.55 bits per heavy atom.